The summed E-state index contributed by atoms with van der Waals surface area (Å²) in [5, 5.41) is 7.53. The van der Waals surface area contributed by atoms with Crippen molar-refractivity contribution in [1.29, 1.82) is 0 Å². The van der Waals surface area contributed by atoms with Crippen molar-refractivity contribution in [3.8, 4) is 0 Å². The minimum absolute atomic E-state index is 0.180. The van der Waals surface area contributed by atoms with Crippen LogP contribution in [0.5, 0.6) is 0 Å². The molecule has 0 fully saturated rings. The van der Waals surface area contributed by atoms with Crippen LogP contribution in [-0.4, -0.2) is 15.7 Å². The zero-order valence-electron chi connectivity index (χ0n) is 10.3. The molecule has 0 saturated carbocycles. The van der Waals surface area contributed by atoms with Crippen molar-refractivity contribution in [3.05, 3.63) is 46.7 Å². The molecular weight excluding hydrogens is 250 g/mol. The Bertz CT molecular complexity index is 577. The number of nitrogens with one attached hydrogen (secondary N) is 1. The third-order valence-corrected chi connectivity index (χ3v) is 3.14. The topological polar surface area (TPSA) is 46.9 Å². The lowest BCUT2D eigenvalue weighted by Gasteiger charge is -2.08. The fourth-order valence-electron chi connectivity index (χ4n) is 1.59. The van der Waals surface area contributed by atoms with E-state index in [0.717, 1.165) is 17.8 Å². The molecule has 1 N–H and O–H groups in total. The molecule has 0 atom stereocenters. The second-order valence-electron chi connectivity index (χ2n) is 3.95. The maximum absolute atomic E-state index is 12.0. The first-order valence-electron chi connectivity index (χ1n) is 5.70. The molecule has 0 saturated heterocycles. The molecule has 2 aromatic rings. The number of amides is 1. The molecule has 4 nitrogen and oxygen atoms in total. The highest BCUT2D eigenvalue weighted by Crippen LogP contribution is 2.23. The first-order chi connectivity index (χ1) is 8.61. The van der Waals surface area contributed by atoms with Crippen LogP contribution in [0.15, 0.2) is 30.6 Å². The van der Waals surface area contributed by atoms with Crippen molar-refractivity contribution in [1.82, 2.24) is 9.78 Å². The fourth-order valence-corrected chi connectivity index (χ4v) is 1.77. The van der Waals surface area contributed by atoms with Crippen LogP contribution in [-0.2, 0) is 6.54 Å². The number of hydrogen-bond donors (Lipinski definition) is 1. The number of benzene rings is 1. The Labute approximate surface area is 111 Å². The summed E-state index contributed by atoms with van der Waals surface area (Å²) in [6, 6.07) is 5.42. The number of halogens is 1. The lowest BCUT2D eigenvalue weighted by molar-refractivity contribution is 0.102. The first-order valence-corrected chi connectivity index (χ1v) is 6.08. The van der Waals surface area contributed by atoms with Gasteiger partial charge in [-0.2, -0.15) is 5.10 Å². The molecule has 1 heterocycles. The second kappa shape index (κ2) is 5.23. The van der Waals surface area contributed by atoms with Gasteiger partial charge in [0.05, 0.1) is 11.8 Å². The minimum atomic E-state index is -0.180. The van der Waals surface area contributed by atoms with E-state index in [1.165, 1.54) is 0 Å². The molecular formula is C13H14ClN3O. The molecule has 0 radical (unpaired) electrons. The van der Waals surface area contributed by atoms with Crippen LogP contribution in [0.3, 0.4) is 0 Å². The van der Waals surface area contributed by atoms with Crippen molar-refractivity contribution in [2.24, 2.45) is 0 Å². The van der Waals surface area contributed by atoms with Gasteiger partial charge in [-0.1, -0.05) is 17.7 Å². The summed E-state index contributed by atoms with van der Waals surface area (Å²) in [5.74, 6) is -0.180. The summed E-state index contributed by atoms with van der Waals surface area (Å²) in [4.78, 5) is 12.0. The molecule has 1 aromatic heterocycles. The highest BCUT2D eigenvalue weighted by molar-refractivity contribution is 6.31. The van der Waals surface area contributed by atoms with Crippen LogP contribution in [0.25, 0.3) is 0 Å². The Hall–Kier alpha value is -1.81. The predicted molar refractivity (Wildman–Crippen MR) is 72.0 cm³/mol. The lowest BCUT2D eigenvalue weighted by atomic mass is 10.2. The maximum atomic E-state index is 12.0. The van der Waals surface area contributed by atoms with E-state index in [1.54, 1.807) is 29.2 Å². The Morgan fingerprint density at radius 3 is 2.94 bits per heavy atom. The molecule has 0 spiro atoms. The number of aryl methyl sites for hydroxylation is 1. The lowest BCUT2D eigenvalue weighted by Crippen LogP contribution is -2.12. The summed E-state index contributed by atoms with van der Waals surface area (Å²) >= 11 is 6.00. The van der Waals surface area contributed by atoms with Gasteiger partial charge in [-0.3, -0.25) is 9.48 Å². The van der Waals surface area contributed by atoms with Gasteiger partial charge < -0.3 is 5.32 Å². The van der Waals surface area contributed by atoms with Gasteiger partial charge in [-0.25, -0.2) is 0 Å². The summed E-state index contributed by atoms with van der Waals surface area (Å²) in [5.41, 5.74) is 2.11. The number of anilines is 1. The van der Waals surface area contributed by atoms with Crippen LogP contribution in [0.1, 0.15) is 22.8 Å². The Balaban J connectivity index is 2.18. The molecule has 1 amide bonds. The van der Waals surface area contributed by atoms with E-state index >= 15 is 0 Å². The van der Waals surface area contributed by atoms with Gasteiger partial charge >= 0.3 is 0 Å². The van der Waals surface area contributed by atoms with Gasteiger partial charge in [0.2, 0.25) is 0 Å². The molecule has 0 bridgehead atoms. The number of nitrogens with zero attached hydrogens (tertiary/aromatic N) is 2. The molecule has 1 aromatic carbocycles. The van der Waals surface area contributed by atoms with E-state index in [2.05, 4.69) is 10.4 Å². The van der Waals surface area contributed by atoms with E-state index in [-0.39, 0.29) is 5.91 Å². The van der Waals surface area contributed by atoms with Crippen molar-refractivity contribution in [2.75, 3.05) is 5.32 Å². The molecule has 2 rings (SSSR count). The molecule has 0 aliphatic rings. The largest absolute Gasteiger partial charge is 0.322 e. The molecule has 0 aliphatic carbocycles. The van der Waals surface area contributed by atoms with Gasteiger partial charge in [0.15, 0.2) is 0 Å². The quantitative estimate of drug-likeness (QED) is 0.925. The maximum Gasteiger partial charge on any atom is 0.258 e. The van der Waals surface area contributed by atoms with Gasteiger partial charge in [0, 0.05) is 23.5 Å². The van der Waals surface area contributed by atoms with Crippen molar-refractivity contribution < 1.29 is 4.79 Å². The average Bonchev–Trinajstić information content (AvgIpc) is 2.83. The number of hydrogen-bond acceptors (Lipinski definition) is 2. The highest BCUT2D eigenvalue weighted by Gasteiger charge is 2.10. The van der Waals surface area contributed by atoms with Gasteiger partial charge in [-0.15, -0.1) is 0 Å². The number of rotatable bonds is 3. The predicted octanol–water partition coefficient (Wildman–Crippen LogP) is 3.12. The van der Waals surface area contributed by atoms with Crippen LogP contribution in [0.2, 0.25) is 5.02 Å². The fraction of sp³-hybridized carbons (Fsp3) is 0.231. The molecule has 0 unspecified atom stereocenters. The normalized spacial score (nSPS) is 10.4. The Kier molecular flexibility index (Phi) is 3.67. The van der Waals surface area contributed by atoms with Gasteiger partial charge in [-0.05, 0) is 31.5 Å². The van der Waals surface area contributed by atoms with E-state index in [9.17, 15) is 4.79 Å². The van der Waals surface area contributed by atoms with Gasteiger partial charge in [0.1, 0.15) is 0 Å². The molecule has 18 heavy (non-hydrogen) atoms. The third-order valence-electron chi connectivity index (χ3n) is 2.74. The van der Waals surface area contributed by atoms with Crippen LogP contribution in [0.4, 0.5) is 5.69 Å². The van der Waals surface area contributed by atoms with Crippen molar-refractivity contribution >= 4 is 23.2 Å². The first kappa shape index (κ1) is 12.6. The zero-order chi connectivity index (χ0) is 13.1. The number of carbonyl (C=O) groups is 1. The smallest absolute Gasteiger partial charge is 0.258 e. The van der Waals surface area contributed by atoms with Gasteiger partial charge in [0.25, 0.3) is 5.91 Å². The van der Waals surface area contributed by atoms with E-state index in [1.807, 2.05) is 19.9 Å². The van der Waals surface area contributed by atoms with Crippen LogP contribution >= 0.6 is 11.6 Å². The summed E-state index contributed by atoms with van der Waals surface area (Å²) in [7, 11) is 0. The van der Waals surface area contributed by atoms with Crippen LogP contribution < -0.4 is 5.32 Å². The van der Waals surface area contributed by atoms with E-state index in [0.29, 0.717) is 10.6 Å². The summed E-state index contributed by atoms with van der Waals surface area (Å²) in [6.07, 6.45) is 3.27. The summed E-state index contributed by atoms with van der Waals surface area (Å²) in [6.45, 7) is 4.58. The van der Waals surface area contributed by atoms with Crippen molar-refractivity contribution in [2.45, 2.75) is 20.4 Å². The number of aromatic nitrogens is 2. The third kappa shape index (κ3) is 2.54. The summed E-state index contributed by atoms with van der Waals surface area (Å²) < 4.78 is 1.71. The SMILES string of the molecule is CCn1cc(C(=O)Nc2cccc(Cl)c2C)cn1. The zero-order valence-corrected chi connectivity index (χ0v) is 11.0. The van der Waals surface area contributed by atoms with E-state index < -0.39 is 0 Å². The molecule has 94 valence electrons. The Morgan fingerprint density at radius 2 is 2.28 bits per heavy atom. The highest BCUT2D eigenvalue weighted by atomic mass is 35.5. The van der Waals surface area contributed by atoms with E-state index in [4.69, 9.17) is 11.6 Å². The Morgan fingerprint density at radius 1 is 1.50 bits per heavy atom. The van der Waals surface area contributed by atoms with Crippen LogP contribution in [0, 0.1) is 6.92 Å². The molecule has 5 heteroatoms. The van der Waals surface area contributed by atoms with Crippen molar-refractivity contribution in [3.63, 3.8) is 0 Å². The standard InChI is InChI=1S/C13H14ClN3O/c1-3-17-8-10(7-15-17)13(18)16-12-6-4-5-11(14)9(12)2/h4-8H,3H2,1-2H3,(H,16,18). The second-order valence-corrected chi connectivity index (χ2v) is 4.36. The number of carbonyl (C=O) groups excluding carboxylic acids is 1. The molecule has 0 aliphatic heterocycles. The minimum Gasteiger partial charge on any atom is -0.322 e. The average molecular weight is 264 g/mol. The monoisotopic (exact) mass is 263 g/mol.